The molecule has 4 N–H and O–H groups in total. The van der Waals surface area contributed by atoms with E-state index < -0.39 is 9.05 Å². The van der Waals surface area contributed by atoms with Gasteiger partial charge in [-0.05, 0) is 12.1 Å². The van der Waals surface area contributed by atoms with Gasteiger partial charge in [-0.3, -0.25) is 9.11 Å². The summed E-state index contributed by atoms with van der Waals surface area (Å²) in [5.41, 5.74) is 6.18. The van der Waals surface area contributed by atoms with Crippen LogP contribution < -0.4 is 5.73 Å². The van der Waals surface area contributed by atoms with Crippen LogP contribution in [-0.4, -0.2) is 13.3 Å². The Kier molecular flexibility index (Phi) is 4.75. The number of benzene rings is 1. The standard InChI is InChI=1S/C6H7N.H2O3S2/c7-6-4-2-1-3-5-6;1-5(2,3)4/h1-5H,7H2;(H2,1,2,3,4). The summed E-state index contributed by atoms with van der Waals surface area (Å²) < 4.78 is 24.0. The van der Waals surface area contributed by atoms with Crippen LogP contribution in [0, 0.1) is 0 Å². The molecule has 0 unspecified atom stereocenters. The summed E-state index contributed by atoms with van der Waals surface area (Å²) in [6.07, 6.45) is 0. The molecule has 0 aliphatic rings. The fraction of sp³-hybridized carbons (Fsp3) is 0. The fourth-order valence-electron chi connectivity index (χ4n) is 0.453. The highest BCUT2D eigenvalue weighted by molar-refractivity contribution is 8.26. The molecule has 0 bridgehead atoms. The molecule has 0 aliphatic heterocycles. The molecule has 0 atom stereocenters. The molecule has 0 radical (unpaired) electrons. The van der Waals surface area contributed by atoms with E-state index in [0.29, 0.717) is 0 Å². The molecule has 1 aromatic carbocycles. The van der Waals surface area contributed by atoms with Gasteiger partial charge < -0.3 is 5.73 Å². The molecule has 68 valence electrons. The number of hydrogen-bond donors (Lipinski definition) is 3. The van der Waals surface area contributed by atoms with E-state index in [0.717, 1.165) is 5.69 Å². The molecule has 0 spiro atoms. The van der Waals surface area contributed by atoms with E-state index in [1.807, 2.05) is 30.3 Å². The molecule has 0 saturated carbocycles. The van der Waals surface area contributed by atoms with Gasteiger partial charge in [0.15, 0.2) is 0 Å². The lowest BCUT2D eigenvalue weighted by Gasteiger charge is -1.83. The summed E-state index contributed by atoms with van der Waals surface area (Å²) in [6, 6.07) is 9.49. The van der Waals surface area contributed by atoms with E-state index in [-0.39, 0.29) is 0 Å². The first-order chi connectivity index (χ1) is 5.39. The Morgan fingerprint density at radius 2 is 1.58 bits per heavy atom. The quantitative estimate of drug-likeness (QED) is 0.552. The minimum Gasteiger partial charge on any atom is -0.399 e. The van der Waals surface area contributed by atoms with Crippen molar-refractivity contribution in [1.29, 1.82) is 0 Å². The number of hydrogen-bond acceptors (Lipinski definition) is 3. The number of nitrogens with two attached hydrogens (primary N) is 1. The zero-order valence-electron chi connectivity index (χ0n) is 6.08. The molecular weight excluding hydrogens is 198 g/mol. The SMILES string of the molecule is Nc1ccccc1.O=S(O)(O)=S. The predicted octanol–water partition coefficient (Wildman–Crippen LogP) is 0.948. The van der Waals surface area contributed by atoms with Crippen LogP contribution in [-0.2, 0) is 20.2 Å². The van der Waals surface area contributed by atoms with Crippen molar-refractivity contribution in [2.75, 3.05) is 5.73 Å². The molecule has 0 fully saturated rings. The van der Waals surface area contributed by atoms with E-state index in [1.165, 1.54) is 0 Å². The number of para-hydroxylation sites is 1. The van der Waals surface area contributed by atoms with Gasteiger partial charge in [-0.1, -0.05) is 18.2 Å². The van der Waals surface area contributed by atoms with E-state index in [2.05, 4.69) is 11.2 Å². The maximum Gasteiger partial charge on any atom is 0.263 e. The average Bonchev–Trinajstić information content (AvgIpc) is 1.85. The van der Waals surface area contributed by atoms with Gasteiger partial charge in [0.1, 0.15) is 0 Å². The molecule has 1 rings (SSSR count). The normalized spacial score (nSPS) is 9.83. The second-order valence-electron chi connectivity index (χ2n) is 1.86. The minimum atomic E-state index is -3.83. The Bertz CT molecular complexity index is 301. The Balaban J connectivity index is 0.000000217. The van der Waals surface area contributed by atoms with Gasteiger partial charge in [-0.25, -0.2) is 0 Å². The van der Waals surface area contributed by atoms with Gasteiger partial charge in [-0.2, -0.15) is 4.21 Å². The predicted molar refractivity (Wildman–Crippen MR) is 51.6 cm³/mol. The average molecular weight is 207 g/mol. The van der Waals surface area contributed by atoms with Crippen molar-refractivity contribution in [2.45, 2.75) is 0 Å². The zero-order chi connectivity index (χ0) is 9.61. The summed E-state index contributed by atoms with van der Waals surface area (Å²) in [6.45, 7) is 0. The second-order valence-corrected chi connectivity index (χ2v) is 4.06. The molecule has 0 saturated heterocycles. The van der Waals surface area contributed by atoms with Crippen molar-refractivity contribution >= 4 is 25.9 Å². The van der Waals surface area contributed by atoms with Gasteiger partial charge in [0.05, 0.1) is 0 Å². The topological polar surface area (TPSA) is 83.6 Å². The van der Waals surface area contributed by atoms with Crippen LogP contribution in [0.25, 0.3) is 0 Å². The molecular formula is C6H9NO3S2. The summed E-state index contributed by atoms with van der Waals surface area (Å²) in [7, 11) is -3.83. The van der Waals surface area contributed by atoms with Crippen LogP contribution in [0.4, 0.5) is 5.69 Å². The third-order valence-corrected chi connectivity index (χ3v) is 0.800. The second kappa shape index (κ2) is 5.04. The van der Waals surface area contributed by atoms with Crippen molar-refractivity contribution in [3.63, 3.8) is 0 Å². The fourth-order valence-corrected chi connectivity index (χ4v) is 0.453. The van der Waals surface area contributed by atoms with Crippen molar-refractivity contribution in [3.8, 4) is 0 Å². The summed E-state index contributed by atoms with van der Waals surface area (Å²) >= 11 is 3.47. The molecule has 0 heterocycles. The molecule has 0 aromatic heterocycles. The minimum absolute atomic E-state index is 0.822. The van der Waals surface area contributed by atoms with Crippen LogP contribution in [0.1, 0.15) is 0 Å². The van der Waals surface area contributed by atoms with Crippen LogP contribution >= 0.6 is 0 Å². The molecule has 4 nitrogen and oxygen atoms in total. The summed E-state index contributed by atoms with van der Waals surface area (Å²) in [4.78, 5) is 0. The van der Waals surface area contributed by atoms with Crippen molar-refractivity contribution in [1.82, 2.24) is 0 Å². The third kappa shape index (κ3) is 12.0. The van der Waals surface area contributed by atoms with E-state index in [1.54, 1.807) is 0 Å². The molecule has 12 heavy (non-hydrogen) atoms. The largest absolute Gasteiger partial charge is 0.399 e. The molecule has 1 aromatic rings. The van der Waals surface area contributed by atoms with Crippen molar-refractivity contribution in [2.24, 2.45) is 0 Å². The van der Waals surface area contributed by atoms with Crippen LogP contribution in [0.3, 0.4) is 0 Å². The Morgan fingerprint density at radius 3 is 1.75 bits per heavy atom. The highest BCUT2D eigenvalue weighted by Crippen LogP contribution is 1.95. The Labute approximate surface area is 75.7 Å². The highest BCUT2D eigenvalue weighted by atomic mass is 32.9. The van der Waals surface area contributed by atoms with Gasteiger partial charge >= 0.3 is 0 Å². The zero-order valence-corrected chi connectivity index (χ0v) is 7.72. The van der Waals surface area contributed by atoms with E-state index in [9.17, 15) is 0 Å². The maximum absolute atomic E-state index is 9.11. The monoisotopic (exact) mass is 207 g/mol. The van der Waals surface area contributed by atoms with Gasteiger partial charge in [-0.15, -0.1) is 0 Å². The first kappa shape index (κ1) is 11.3. The number of anilines is 1. The Morgan fingerprint density at radius 1 is 1.25 bits per heavy atom. The first-order valence-electron chi connectivity index (χ1n) is 2.90. The van der Waals surface area contributed by atoms with E-state index in [4.69, 9.17) is 19.0 Å². The smallest absolute Gasteiger partial charge is 0.263 e. The van der Waals surface area contributed by atoms with Gasteiger partial charge in [0.25, 0.3) is 9.05 Å². The van der Waals surface area contributed by atoms with Gasteiger partial charge in [0, 0.05) is 16.9 Å². The summed E-state index contributed by atoms with van der Waals surface area (Å²) in [5.74, 6) is 0. The molecule has 0 amide bonds. The first-order valence-corrected chi connectivity index (χ1v) is 5.29. The van der Waals surface area contributed by atoms with Crippen molar-refractivity contribution < 1.29 is 13.3 Å². The lowest BCUT2D eigenvalue weighted by atomic mass is 10.3. The number of rotatable bonds is 0. The molecule has 6 heteroatoms. The van der Waals surface area contributed by atoms with Crippen molar-refractivity contribution in [3.05, 3.63) is 30.3 Å². The highest BCUT2D eigenvalue weighted by Gasteiger charge is 1.78. The van der Waals surface area contributed by atoms with Crippen LogP contribution in [0.15, 0.2) is 30.3 Å². The van der Waals surface area contributed by atoms with Crippen LogP contribution in [0.5, 0.6) is 0 Å². The maximum atomic E-state index is 9.11. The summed E-state index contributed by atoms with van der Waals surface area (Å²) in [5, 5.41) is 0. The molecule has 0 aliphatic carbocycles. The number of nitrogen functional groups attached to an aromatic ring is 1. The third-order valence-electron chi connectivity index (χ3n) is 0.800. The lowest BCUT2D eigenvalue weighted by Crippen LogP contribution is -1.86. The van der Waals surface area contributed by atoms with Crippen LogP contribution in [0.2, 0.25) is 0 Å². The van der Waals surface area contributed by atoms with Gasteiger partial charge in [0.2, 0.25) is 0 Å². The Hall–Kier alpha value is -0.690. The van der Waals surface area contributed by atoms with E-state index >= 15 is 0 Å². The lowest BCUT2D eigenvalue weighted by molar-refractivity contribution is 0.450.